The lowest BCUT2D eigenvalue weighted by molar-refractivity contribution is 0.0494. The fourth-order valence-corrected chi connectivity index (χ4v) is 5.56. The molecule has 1 unspecified atom stereocenters. The lowest BCUT2D eigenvalue weighted by atomic mass is 9.92. The number of aliphatic hydroxyl groups is 1. The topological polar surface area (TPSA) is 70.1 Å². The zero-order valence-corrected chi connectivity index (χ0v) is 14.2. The van der Waals surface area contributed by atoms with Crippen LogP contribution < -0.4 is 0 Å². The standard InChI is InChI=1S/C15H28N2O4S/c1-21-12-13-4-9-16(10-5-13)22(19,20)17-8-2-3-14(11-17)15(18)6-7-15/h13-14,18H,2-12H2,1H3. The number of ether oxygens (including phenoxy) is 1. The van der Waals surface area contributed by atoms with Crippen LogP contribution in [-0.2, 0) is 14.9 Å². The average molecular weight is 332 g/mol. The molecule has 1 aliphatic carbocycles. The van der Waals surface area contributed by atoms with Crippen molar-refractivity contribution in [3.05, 3.63) is 0 Å². The van der Waals surface area contributed by atoms with Gasteiger partial charge < -0.3 is 9.84 Å². The Morgan fingerprint density at radius 1 is 1.14 bits per heavy atom. The highest BCUT2D eigenvalue weighted by Crippen LogP contribution is 2.46. The Hall–Kier alpha value is -0.210. The molecular weight excluding hydrogens is 304 g/mol. The minimum absolute atomic E-state index is 0.113. The van der Waals surface area contributed by atoms with E-state index in [-0.39, 0.29) is 5.92 Å². The van der Waals surface area contributed by atoms with Crippen LogP contribution in [-0.4, -0.2) is 67.6 Å². The fraction of sp³-hybridized carbons (Fsp3) is 1.00. The SMILES string of the molecule is COCC1CCN(S(=O)(=O)N2CCCC(C3(O)CC3)C2)CC1. The van der Waals surface area contributed by atoms with E-state index in [0.29, 0.717) is 38.7 Å². The first-order valence-electron chi connectivity index (χ1n) is 8.42. The summed E-state index contributed by atoms with van der Waals surface area (Å²) in [7, 11) is -1.68. The molecule has 7 heteroatoms. The largest absolute Gasteiger partial charge is 0.390 e. The summed E-state index contributed by atoms with van der Waals surface area (Å²) in [5, 5.41) is 10.3. The Balaban J connectivity index is 1.60. The highest BCUT2D eigenvalue weighted by molar-refractivity contribution is 7.86. The van der Waals surface area contributed by atoms with E-state index in [1.54, 1.807) is 15.7 Å². The van der Waals surface area contributed by atoms with Gasteiger partial charge >= 0.3 is 0 Å². The third-order valence-electron chi connectivity index (χ3n) is 5.53. The minimum atomic E-state index is -3.37. The maximum atomic E-state index is 12.8. The molecule has 0 bridgehead atoms. The van der Waals surface area contributed by atoms with Gasteiger partial charge in [-0.15, -0.1) is 0 Å². The molecular formula is C15H28N2O4S. The van der Waals surface area contributed by atoms with Crippen LogP contribution in [0.15, 0.2) is 0 Å². The molecule has 2 aliphatic heterocycles. The maximum Gasteiger partial charge on any atom is 0.281 e. The predicted molar refractivity (Wildman–Crippen MR) is 83.6 cm³/mol. The molecule has 22 heavy (non-hydrogen) atoms. The van der Waals surface area contributed by atoms with Crippen molar-refractivity contribution in [3.8, 4) is 0 Å². The summed E-state index contributed by atoms with van der Waals surface area (Å²) in [4.78, 5) is 0. The third-order valence-corrected chi connectivity index (χ3v) is 7.54. The van der Waals surface area contributed by atoms with Crippen LogP contribution >= 0.6 is 0 Å². The molecule has 1 atom stereocenters. The Bertz CT molecular complexity index is 484. The first-order valence-corrected chi connectivity index (χ1v) is 9.82. The minimum Gasteiger partial charge on any atom is -0.390 e. The van der Waals surface area contributed by atoms with Crippen LogP contribution in [0, 0.1) is 11.8 Å². The molecule has 3 rings (SSSR count). The molecule has 0 spiro atoms. The van der Waals surface area contributed by atoms with Gasteiger partial charge in [0.15, 0.2) is 0 Å². The second kappa shape index (κ2) is 6.36. The monoisotopic (exact) mass is 332 g/mol. The lowest BCUT2D eigenvalue weighted by Crippen LogP contribution is -2.52. The van der Waals surface area contributed by atoms with Gasteiger partial charge in [-0.05, 0) is 44.4 Å². The van der Waals surface area contributed by atoms with E-state index in [9.17, 15) is 13.5 Å². The highest BCUT2D eigenvalue weighted by atomic mass is 32.2. The van der Waals surface area contributed by atoms with Crippen LogP contribution in [0.5, 0.6) is 0 Å². The summed E-state index contributed by atoms with van der Waals surface area (Å²) in [5.41, 5.74) is -0.584. The van der Waals surface area contributed by atoms with Crippen molar-refractivity contribution in [1.29, 1.82) is 0 Å². The second-order valence-electron chi connectivity index (χ2n) is 7.11. The fourth-order valence-electron chi connectivity index (χ4n) is 3.83. The smallest absolute Gasteiger partial charge is 0.281 e. The van der Waals surface area contributed by atoms with Crippen molar-refractivity contribution in [2.45, 2.75) is 44.1 Å². The van der Waals surface area contributed by atoms with Crippen molar-refractivity contribution in [3.63, 3.8) is 0 Å². The van der Waals surface area contributed by atoms with Gasteiger partial charge in [0.05, 0.1) is 5.60 Å². The molecule has 0 radical (unpaired) electrons. The van der Waals surface area contributed by atoms with Gasteiger partial charge in [-0.1, -0.05) is 0 Å². The molecule has 6 nitrogen and oxygen atoms in total. The van der Waals surface area contributed by atoms with Gasteiger partial charge in [0, 0.05) is 45.8 Å². The molecule has 2 saturated heterocycles. The number of piperidine rings is 2. The quantitative estimate of drug-likeness (QED) is 0.809. The van der Waals surface area contributed by atoms with Crippen LogP contribution in [0.3, 0.4) is 0 Å². The molecule has 0 aromatic heterocycles. The summed E-state index contributed by atoms with van der Waals surface area (Å²) >= 11 is 0. The van der Waals surface area contributed by atoms with E-state index < -0.39 is 15.8 Å². The van der Waals surface area contributed by atoms with Crippen LogP contribution in [0.4, 0.5) is 0 Å². The number of nitrogens with zero attached hydrogens (tertiary/aromatic N) is 2. The van der Waals surface area contributed by atoms with Gasteiger partial charge in [-0.25, -0.2) is 0 Å². The number of methoxy groups -OCH3 is 1. The summed E-state index contributed by atoms with van der Waals surface area (Å²) in [6, 6.07) is 0. The van der Waals surface area contributed by atoms with E-state index in [1.165, 1.54) is 0 Å². The first-order chi connectivity index (χ1) is 10.5. The summed E-state index contributed by atoms with van der Waals surface area (Å²) in [6.07, 6.45) is 5.19. The second-order valence-corrected chi connectivity index (χ2v) is 9.03. The van der Waals surface area contributed by atoms with Crippen LogP contribution in [0.25, 0.3) is 0 Å². The molecule has 128 valence electrons. The van der Waals surface area contributed by atoms with Crippen molar-refractivity contribution >= 4 is 10.2 Å². The molecule has 1 N–H and O–H groups in total. The van der Waals surface area contributed by atoms with Gasteiger partial charge in [-0.3, -0.25) is 0 Å². The van der Waals surface area contributed by atoms with Crippen LogP contribution in [0.1, 0.15) is 38.5 Å². The summed E-state index contributed by atoms with van der Waals surface area (Å²) < 4.78 is 34.1. The molecule has 0 aromatic carbocycles. The Morgan fingerprint density at radius 3 is 2.41 bits per heavy atom. The van der Waals surface area contributed by atoms with Crippen molar-refractivity contribution in [1.82, 2.24) is 8.61 Å². The highest BCUT2D eigenvalue weighted by Gasteiger charge is 2.50. The lowest BCUT2D eigenvalue weighted by Gasteiger charge is -2.39. The van der Waals surface area contributed by atoms with Gasteiger partial charge in [0.25, 0.3) is 10.2 Å². The van der Waals surface area contributed by atoms with E-state index in [4.69, 9.17) is 4.74 Å². The van der Waals surface area contributed by atoms with Gasteiger partial charge in [-0.2, -0.15) is 17.0 Å². The van der Waals surface area contributed by atoms with E-state index >= 15 is 0 Å². The van der Waals surface area contributed by atoms with Crippen molar-refractivity contribution in [2.75, 3.05) is 39.9 Å². The normalized spacial score (nSPS) is 31.3. The molecule has 0 amide bonds. The Labute approximate surface area is 133 Å². The number of hydrogen-bond donors (Lipinski definition) is 1. The van der Waals surface area contributed by atoms with Crippen LogP contribution in [0.2, 0.25) is 0 Å². The van der Waals surface area contributed by atoms with E-state index in [1.807, 2.05) is 0 Å². The zero-order valence-electron chi connectivity index (χ0n) is 13.4. The maximum absolute atomic E-state index is 12.8. The molecule has 2 heterocycles. The van der Waals surface area contributed by atoms with Crippen molar-refractivity contribution < 1.29 is 18.3 Å². The molecule has 3 fully saturated rings. The summed E-state index contributed by atoms with van der Waals surface area (Å²) in [6.45, 7) is 2.96. The molecule has 0 aromatic rings. The zero-order chi connectivity index (χ0) is 15.8. The first kappa shape index (κ1) is 16.6. The van der Waals surface area contributed by atoms with Gasteiger partial charge in [0.1, 0.15) is 0 Å². The van der Waals surface area contributed by atoms with E-state index in [2.05, 4.69) is 0 Å². The number of hydrogen-bond acceptors (Lipinski definition) is 4. The third kappa shape index (κ3) is 3.33. The van der Waals surface area contributed by atoms with Gasteiger partial charge in [0.2, 0.25) is 0 Å². The van der Waals surface area contributed by atoms with E-state index in [0.717, 1.165) is 38.5 Å². The Kier molecular flexibility index (Phi) is 4.81. The molecule has 3 aliphatic rings. The number of rotatable bonds is 5. The average Bonchev–Trinajstić information content (AvgIpc) is 3.28. The predicted octanol–water partition coefficient (Wildman–Crippen LogP) is 0.826. The summed E-state index contributed by atoms with van der Waals surface area (Å²) in [5.74, 6) is 0.583. The molecule has 1 saturated carbocycles. The Morgan fingerprint density at radius 2 is 1.82 bits per heavy atom. The van der Waals surface area contributed by atoms with Crippen molar-refractivity contribution in [2.24, 2.45) is 11.8 Å².